The predicted molar refractivity (Wildman–Crippen MR) is 141 cm³/mol. The first-order valence-corrected chi connectivity index (χ1v) is 12.6. The average Bonchev–Trinajstić information content (AvgIpc) is 3.36. The van der Waals surface area contributed by atoms with Crippen LogP contribution in [-0.2, 0) is 9.53 Å². The fourth-order valence-electron chi connectivity index (χ4n) is 4.07. The van der Waals surface area contributed by atoms with Gasteiger partial charge < -0.3 is 25.2 Å². The molecule has 1 amide bonds. The zero-order valence-electron chi connectivity index (χ0n) is 21.0. The summed E-state index contributed by atoms with van der Waals surface area (Å²) in [5.74, 6) is -1.18. The molecule has 1 aromatic heterocycles. The first kappa shape index (κ1) is 29.5. The van der Waals surface area contributed by atoms with Crippen LogP contribution in [0.3, 0.4) is 0 Å². The van der Waals surface area contributed by atoms with E-state index in [0.717, 1.165) is 13.0 Å². The average molecular weight is 584 g/mol. The van der Waals surface area contributed by atoms with Crippen LogP contribution in [0.4, 0.5) is 34.8 Å². The highest BCUT2D eigenvalue weighted by Gasteiger charge is 2.29. The van der Waals surface area contributed by atoms with Gasteiger partial charge in [0.25, 0.3) is 0 Å². The summed E-state index contributed by atoms with van der Waals surface area (Å²) in [4.78, 5) is 23.0. The third kappa shape index (κ3) is 8.24. The van der Waals surface area contributed by atoms with Crippen LogP contribution in [0.25, 0.3) is 10.9 Å². The number of aliphatic hydroxyl groups excluding tert-OH is 1. The number of aliphatic hydroxyl groups is 1. The van der Waals surface area contributed by atoms with Gasteiger partial charge >= 0.3 is 6.18 Å². The number of amides is 1. The fourth-order valence-corrected chi connectivity index (χ4v) is 4.25. The van der Waals surface area contributed by atoms with E-state index in [0.29, 0.717) is 24.2 Å². The molecule has 14 heteroatoms. The quantitative estimate of drug-likeness (QED) is 0.220. The van der Waals surface area contributed by atoms with E-state index in [4.69, 9.17) is 26.2 Å². The lowest BCUT2D eigenvalue weighted by atomic mass is 10.1. The summed E-state index contributed by atoms with van der Waals surface area (Å²) in [6, 6.07) is 6.61. The van der Waals surface area contributed by atoms with E-state index >= 15 is 0 Å². The number of hydrogen-bond donors (Lipinski definition) is 3. The van der Waals surface area contributed by atoms with Crippen molar-refractivity contribution in [3.63, 3.8) is 0 Å². The molecule has 1 saturated heterocycles. The molecule has 1 aliphatic heterocycles. The largest absolute Gasteiger partial charge is 0.482 e. The van der Waals surface area contributed by atoms with Gasteiger partial charge in [0.15, 0.2) is 6.61 Å². The molecule has 2 heterocycles. The van der Waals surface area contributed by atoms with Crippen LogP contribution in [0.2, 0.25) is 5.02 Å². The Labute approximate surface area is 231 Å². The number of alkyl halides is 3. The van der Waals surface area contributed by atoms with Crippen molar-refractivity contribution < 1.29 is 36.9 Å². The summed E-state index contributed by atoms with van der Waals surface area (Å²) in [6.07, 6.45) is 0.319. The summed E-state index contributed by atoms with van der Waals surface area (Å²) < 4.78 is 62.8. The second-order valence-corrected chi connectivity index (χ2v) is 9.31. The van der Waals surface area contributed by atoms with E-state index in [1.165, 1.54) is 42.7 Å². The Bertz CT molecular complexity index is 1370. The lowest BCUT2D eigenvalue weighted by Gasteiger charge is -2.16. The van der Waals surface area contributed by atoms with Crippen molar-refractivity contribution in [3.8, 4) is 5.75 Å². The number of halogens is 5. The molecule has 0 bridgehead atoms. The van der Waals surface area contributed by atoms with E-state index in [9.17, 15) is 22.4 Å². The van der Waals surface area contributed by atoms with Gasteiger partial charge in [-0.05, 0) is 30.7 Å². The van der Waals surface area contributed by atoms with Crippen molar-refractivity contribution in [2.45, 2.75) is 18.7 Å². The first-order valence-electron chi connectivity index (χ1n) is 12.2. The van der Waals surface area contributed by atoms with E-state index in [2.05, 4.69) is 25.5 Å². The molecule has 2 aromatic carbocycles. The molecule has 3 aromatic rings. The molecule has 214 valence electrons. The molecule has 0 unspecified atom stereocenters. The maximum atomic E-state index is 13.6. The lowest BCUT2D eigenvalue weighted by molar-refractivity contribution is -0.153. The van der Waals surface area contributed by atoms with Crippen molar-refractivity contribution in [2.75, 3.05) is 50.1 Å². The third-order valence-corrected chi connectivity index (χ3v) is 6.16. The second-order valence-electron chi connectivity index (χ2n) is 8.90. The molecule has 1 atom stereocenters. The Morgan fingerprint density at radius 3 is 2.83 bits per heavy atom. The number of anilines is 3. The molecule has 0 saturated carbocycles. The molecular weight excluding hydrogens is 558 g/mol. The Morgan fingerprint density at radius 2 is 2.08 bits per heavy atom. The SMILES string of the molecule is O=C(/C=C/CN1CC[C@@H](OCCO)C1)Nc1cc2c(Nc3ccc(F)c(Cl)c3)ncnc2cc1OCC(F)(F)F. The minimum absolute atomic E-state index is 0.0104. The number of nitrogens with zero attached hydrogens (tertiary/aromatic N) is 3. The number of ether oxygens (including phenoxy) is 2. The van der Waals surface area contributed by atoms with Crippen LogP contribution < -0.4 is 15.4 Å². The number of carbonyl (C=O) groups excluding carboxylic acids is 1. The second kappa shape index (κ2) is 13.2. The number of aromatic nitrogens is 2. The van der Waals surface area contributed by atoms with Crippen molar-refractivity contribution in [3.05, 3.63) is 59.7 Å². The van der Waals surface area contributed by atoms with Crippen molar-refractivity contribution >= 4 is 45.6 Å². The van der Waals surface area contributed by atoms with Crippen molar-refractivity contribution in [2.24, 2.45) is 0 Å². The molecule has 3 N–H and O–H groups in total. The zero-order valence-corrected chi connectivity index (χ0v) is 21.8. The van der Waals surface area contributed by atoms with Crippen LogP contribution in [0.1, 0.15) is 6.42 Å². The van der Waals surface area contributed by atoms with Gasteiger partial charge in [-0.3, -0.25) is 9.69 Å². The lowest BCUT2D eigenvalue weighted by Crippen LogP contribution is -2.24. The molecular formula is C26H26ClF4N5O4. The van der Waals surface area contributed by atoms with Crippen LogP contribution in [-0.4, -0.2) is 77.6 Å². The molecule has 1 fully saturated rings. The standard InChI is InChI=1S/C26H26ClF4N5O4/c27-19-10-16(3-4-20(19)28)34-25-18-11-22(23(40-14-26(29,30)31)12-21(18)32-15-33-25)35-24(38)2-1-6-36-7-5-17(13-36)39-9-8-37/h1-4,10-12,15,17,37H,5-9,13-14H2,(H,35,38)(H,32,33,34)/b2-1+/t17-/m1/s1. The van der Waals surface area contributed by atoms with E-state index < -0.39 is 24.5 Å². The number of carbonyl (C=O) groups is 1. The predicted octanol–water partition coefficient (Wildman–Crippen LogP) is 4.68. The first-order chi connectivity index (χ1) is 19.1. The Balaban J connectivity index is 1.53. The van der Waals surface area contributed by atoms with Gasteiger partial charge in [-0.25, -0.2) is 14.4 Å². The summed E-state index contributed by atoms with van der Waals surface area (Å²) in [6.45, 7) is 0.517. The van der Waals surface area contributed by atoms with Crippen LogP contribution >= 0.6 is 11.6 Å². The highest BCUT2D eigenvalue weighted by molar-refractivity contribution is 6.31. The van der Waals surface area contributed by atoms with Gasteiger partial charge in [0.2, 0.25) is 5.91 Å². The molecule has 9 nitrogen and oxygen atoms in total. The number of nitrogens with one attached hydrogen (secondary N) is 2. The van der Waals surface area contributed by atoms with Crippen molar-refractivity contribution in [1.29, 1.82) is 0 Å². The normalized spacial score (nSPS) is 16.1. The molecule has 0 spiro atoms. The van der Waals surface area contributed by atoms with Gasteiger partial charge in [0, 0.05) is 42.9 Å². The minimum Gasteiger partial charge on any atom is -0.482 e. The molecule has 1 aliphatic rings. The van der Waals surface area contributed by atoms with Gasteiger partial charge in [-0.2, -0.15) is 13.2 Å². The minimum atomic E-state index is -4.61. The summed E-state index contributed by atoms with van der Waals surface area (Å²) in [5.41, 5.74) is 0.617. The zero-order chi connectivity index (χ0) is 28.7. The molecule has 40 heavy (non-hydrogen) atoms. The maximum Gasteiger partial charge on any atom is 0.422 e. The maximum absolute atomic E-state index is 13.6. The number of benzene rings is 2. The number of fused-ring (bicyclic) bond motifs is 1. The highest BCUT2D eigenvalue weighted by atomic mass is 35.5. The Morgan fingerprint density at radius 1 is 1.25 bits per heavy atom. The number of likely N-dealkylation sites (tertiary alicyclic amines) is 1. The van der Waals surface area contributed by atoms with Gasteiger partial charge in [-0.1, -0.05) is 17.7 Å². The third-order valence-electron chi connectivity index (χ3n) is 5.88. The van der Waals surface area contributed by atoms with Crippen LogP contribution in [0, 0.1) is 5.82 Å². The molecule has 0 aliphatic carbocycles. The van der Waals surface area contributed by atoms with Gasteiger partial charge in [-0.15, -0.1) is 0 Å². The smallest absolute Gasteiger partial charge is 0.422 e. The van der Waals surface area contributed by atoms with Gasteiger partial charge in [0.1, 0.15) is 23.7 Å². The Hall–Kier alpha value is -3.52. The summed E-state index contributed by atoms with van der Waals surface area (Å²) in [7, 11) is 0. The highest BCUT2D eigenvalue weighted by Crippen LogP contribution is 2.34. The van der Waals surface area contributed by atoms with E-state index in [1.807, 2.05) is 0 Å². The fraction of sp³-hybridized carbons (Fsp3) is 0.346. The monoisotopic (exact) mass is 583 g/mol. The van der Waals surface area contributed by atoms with Gasteiger partial charge in [0.05, 0.1) is 35.5 Å². The summed E-state index contributed by atoms with van der Waals surface area (Å²) in [5, 5.41) is 14.7. The molecule has 0 radical (unpaired) electrons. The number of rotatable bonds is 11. The topological polar surface area (TPSA) is 109 Å². The van der Waals surface area contributed by atoms with Crippen LogP contribution in [0.15, 0.2) is 48.8 Å². The molecule has 4 rings (SSSR count). The Kier molecular flexibility index (Phi) is 9.74. The number of hydrogen-bond acceptors (Lipinski definition) is 8. The summed E-state index contributed by atoms with van der Waals surface area (Å²) >= 11 is 5.86. The van der Waals surface area contributed by atoms with Crippen LogP contribution in [0.5, 0.6) is 5.75 Å². The van der Waals surface area contributed by atoms with E-state index in [1.54, 1.807) is 6.08 Å². The van der Waals surface area contributed by atoms with Crippen molar-refractivity contribution in [1.82, 2.24) is 14.9 Å². The van der Waals surface area contributed by atoms with E-state index in [-0.39, 0.29) is 47.1 Å².